The fraction of sp³-hybridized carbons (Fsp3) is 0.286. The lowest BCUT2D eigenvalue weighted by Gasteiger charge is -2.49. The van der Waals surface area contributed by atoms with Crippen molar-refractivity contribution in [2.75, 3.05) is 18.6 Å². The lowest BCUT2D eigenvalue weighted by Crippen LogP contribution is -2.71. The Morgan fingerprint density at radius 3 is 2.48 bits per heavy atom. The molecular formula is C21H19F3N6O7S3. The summed E-state index contributed by atoms with van der Waals surface area (Å²) in [6, 6.07) is -0.912. The Hall–Kier alpha value is -3.97. The molecule has 2 aromatic heterocycles. The smallest absolute Gasteiger partial charge is 0.477 e. The number of carbonyl (C=O) groups excluding carboxylic acids is 2. The van der Waals surface area contributed by atoms with Gasteiger partial charge in [0.15, 0.2) is 10.8 Å². The number of rotatable bonds is 7. The van der Waals surface area contributed by atoms with Gasteiger partial charge in [0.1, 0.15) is 29.9 Å². The van der Waals surface area contributed by atoms with E-state index in [9.17, 15) is 32.7 Å². The van der Waals surface area contributed by atoms with Gasteiger partial charge >= 0.3 is 18.1 Å². The molecule has 0 saturated carbocycles. The van der Waals surface area contributed by atoms with Crippen LogP contribution in [0.5, 0.6) is 0 Å². The Kier molecular flexibility index (Phi) is 9.53. The van der Waals surface area contributed by atoms with Crippen LogP contribution in [-0.2, 0) is 24.0 Å². The number of alkyl halides is 3. The van der Waals surface area contributed by atoms with Crippen LogP contribution in [0.4, 0.5) is 18.3 Å². The lowest BCUT2D eigenvalue weighted by atomic mass is 10.0. The largest absolute Gasteiger partial charge is 0.490 e. The van der Waals surface area contributed by atoms with Gasteiger partial charge in [0.05, 0.1) is 5.01 Å². The summed E-state index contributed by atoms with van der Waals surface area (Å²) in [4.78, 5) is 61.5. The number of aliphatic carboxylic acids is 2. The Morgan fingerprint density at radius 2 is 1.98 bits per heavy atom. The number of amides is 2. The number of halogens is 3. The second kappa shape index (κ2) is 12.5. The third-order valence-electron chi connectivity index (χ3n) is 4.98. The zero-order valence-corrected chi connectivity index (χ0v) is 22.8. The molecule has 0 spiro atoms. The molecule has 19 heteroatoms. The molecule has 0 aliphatic carbocycles. The minimum Gasteiger partial charge on any atom is -0.477 e. The van der Waals surface area contributed by atoms with Crippen LogP contribution in [0.2, 0.25) is 0 Å². The molecule has 2 aliphatic rings. The molecule has 214 valence electrons. The van der Waals surface area contributed by atoms with Crippen molar-refractivity contribution in [2.24, 2.45) is 5.16 Å². The van der Waals surface area contributed by atoms with Gasteiger partial charge in [-0.05, 0) is 18.6 Å². The van der Waals surface area contributed by atoms with Crippen molar-refractivity contribution in [3.63, 3.8) is 0 Å². The van der Waals surface area contributed by atoms with Crippen molar-refractivity contribution in [1.82, 2.24) is 20.2 Å². The van der Waals surface area contributed by atoms with Crippen LogP contribution in [0.25, 0.3) is 6.08 Å². The number of carbonyl (C=O) groups is 4. The third kappa shape index (κ3) is 6.96. The van der Waals surface area contributed by atoms with E-state index in [1.165, 1.54) is 35.1 Å². The van der Waals surface area contributed by atoms with Crippen LogP contribution < -0.4 is 11.1 Å². The normalized spacial score (nSPS) is 19.0. The molecule has 2 aromatic rings. The number of aromatic nitrogens is 2. The molecule has 5 N–H and O–H groups in total. The molecule has 2 amide bonds. The van der Waals surface area contributed by atoms with E-state index in [-0.39, 0.29) is 22.2 Å². The number of aryl methyl sites for hydroxylation is 1. The SMILES string of the molecule is CO/N=C(/C(=O)NC1C(=O)N2C(C(=O)O)=C(/C=C/c3cnc(C)s3)CS[C@H]12)c1csc(N)n1.O=C(O)C(F)(F)F. The fourth-order valence-electron chi connectivity index (χ4n) is 3.31. The number of nitrogen functional groups attached to an aromatic ring is 1. The summed E-state index contributed by atoms with van der Waals surface area (Å²) < 4.78 is 31.7. The summed E-state index contributed by atoms with van der Waals surface area (Å²) >= 11 is 3.97. The molecule has 13 nitrogen and oxygen atoms in total. The second-order valence-electron chi connectivity index (χ2n) is 7.65. The summed E-state index contributed by atoms with van der Waals surface area (Å²) in [5.74, 6) is -4.80. The molecule has 1 saturated heterocycles. The van der Waals surface area contributed by atoms with Gasteiger partial charge < -0.3 is 26.1 Å². The van der Waals surface area contributed by atoms with Gasteiger partial charge in [0.25, 0.3) is 11.8 Å². The predicted octanol–water partition coefficient (Wildman–Crippen LogP) is 1.93. The number of hydrogen-bond acceptors (Lipinski definition) is 12. The Balaban J connectivity index is 0.000000559. The van der Waals surface area contributed by atoms with Gasteiger partial charge in [-0.15, -0.1) is 34.4 Å². The number of β-lactam (4-membered cyclic amide) rings is 1. The van der Waals surface area contributed by atoms with Gasteiger partial charge in [-0.3, -0.25) is 14.5 Å². The lowest BCUT2D eigenvalue weighted by molar-refractivity contribution is -0.192. The van der Waals surface area contributed by atoms with Gasteiger partial charge in [-0.2, -0.15) is 13.2 Å². The summed E-state index contributed by atoms with van der Waals surface area (Å²) in [5.41, 5.74) is 6.13. The maximum atomic E-state index is 12.9. The van der Waals surface area contributed by atoms with Crippen molar-refractivity contribution in [3.8, 4) is 0 Å². The van der Waals surface area contributed by atoms with E-state index < -0.39 is 41.3 Å². The molecule has 1 fully saturated rings. The maximum absolute atomic E-state index is 12.9. The van der Waals surface area contributed by atoms with Crippen molar-refractivity contribution < 1.29 is 47.4 Å². The average Bonchev–Trinajstić information content (AvgIpc) is 3.50. The number of carboxylic acid groups (broad SMARTS) is 2. The number of thiazole rings is 2. The summed E-state index contributed by atoms with van der Waals surface area (Å²) in [5, 5.41) is 25.4. The van der Waals surface area contributed by atoms with Crippen LogP contribution in [-0.4, -0.2) is 85.0 Å². The zero-order valence-electron chi connectivity index (χ0n) is 20.3. The number of hydrogen-bond donors (Lipinski definition) is 4. The molecule has 4 rings (SSSR count). The molecule has 0 bridgehead atoms. The number of nitrogens with one attached hydrogen (secondary N) is 1. The number of fused-ring (bicyclic) bond motifs is 1. The van der Waals surface area contributed by atoms with E-state index in [0.29, 0.717) is 11.3 Å². The molecular weight excluding hydrogens is 601 g/mol. The average molecular weight is 621 g/mol. The van der Waals surface area contributed by atoms with Gasteiger partial charge in [0, 0.05) is 22.2 Å². The fourth-order valence-corrected chi connectivity index (χ4v) is 5.86. The number of nitrogens with two attached hydrogens (primary N) is 1. The Bertz CT molecular complexity index is 1420. The summed E-state index contributed by atoms with van der Waals surface area (Å²) in [6.07, 6.45) is 0.0843. The first-order valence-corrected chi connectivity index (χ1v) is 13.4. The van der Waals surface area contributed by atoms with Gasteiger partial charge in [-0.25, -0.2) is 19.6 Å². The van der Waals surface area contributed by atoms with Crippen LogP contribution in [0, 0.1) is 6.92 Å². The maximum Gasteiger partial charge on any atom is 0.490 e. The third-order valence-corrected chi connectivity index (χ3v) is 7.83. The first-order chi connectivity index (χ1) is 18.7. The van der Waals surface area contributed by atoms with E-state index in [0.717, 1.165) is 21.2 Å². The quantitative estimate of drug-likeness (QED) is 0.200. The highest BCUT2D eigenvalue weighted by atomic mass is 32.2. The molecule has 0 radical (unpaired) electrons. The van der Waals surface area contributed by atoms with E-state index >= 15 is 0 Å². The standard InChI is InChI=1S/C19H18N6O5S3.C2HF3O2/c1-8-21-5-10(33-8)4-3-9-6-31-17-13(16(27)25(17)14(9)18(28)29)23-15(26)12(24-30-2)11-7-32-19(20)22-11;3-2(4,5)1(6)7/h3-5,7,13,17H,6H2,1-2H3,(H2,20,22)(H,23,26)(H,28,29);(H,6,7)/b4-3+,24-12+;/t13?,17-;/m1./s1. The number of thioether (sulfide) groups is 1. The first kappa shape index (κ1) is 30.6. The Labute approximate surface area is 235 Å². The van der Waals surface area contributed by atoms with Gasteiger partial charge in [0.2, 0.25) is 0 Å². The van der Waals surface area contributed by atoms with Crippen molar-refractivity contribution >= 4 is 75.1 Å². The monoisotopic (exact) mass is 620 g/mol. The summed E-state index contributed by atoms with van der Waals surface area (Å²) in [7, 11) is 1.28. The number of oxime groups is 1. The molecule has 2 atom stereocenters. The van der Waals surface area contributed by atoms with Crippen LogP contribution >= 0.6 is 34.4 Å². The highest BCUT2D eigenvalue weighted by Gasteiger charge is 2.54. The minimum atomic E-state index is -5.08. The minimum absolute atomic E-state index is 0.0928. The molecule has 2 aliphatic heterocycles. The highest BCUT2D eigenvalue weighted by Crippen LogP contribution is 2.41. The molecule has 40 heavy (non-hydrogen) atoms. The van der Waals surface area contributed by atoms with Crippen LogP contribution in [0.3, 0.4) is 0 Å². The molecule has 0 aromatic carbocycles. The van der Waals surface area contributed by atoms with E-state index in [2.05, 4.69) is 20.4 Å². The highest BCUT2D eigenvalue weighted by molar-refractivity contribution is 8.00. The van der Waals surface area contributed by atoms with Crippen LogP contribution in [0.15, 0.2) is 34.1 Å². The predicted molar refractivity (Wildman–Crippen MR) is 139 cm³/mol. The summed E-state index contributed by atoms with van der Waals surface area (Å²) in [6.45, 7) is 1.88. The van der Waals surface area contributed by atoms with E-state index in [1.54, 1.807) is 23.7 Å². The van der Waals surface area contributed by atoms with Crippen molar-refractivity contribution in [2.45, 2.75) is 24.5 Å². The first-order valence-electron chi connectivity index (χ1n) is 10.7. The molecule has 1 unspecified atom stereocenters. The van der Waals surface area contributed by atoms with Crippen LogP contribution in [0.1, 0.15) is 15.6 Å². The molecule has 4 heterocycles. The van der Waals surface area contributed by atoms with Crippen molar-refractivity contribution in [3.05, 3.63) is 44.5 Å². The number of carboxylic acids is 2. The number of allylic oxidation sites excluding steroid dienone is 1. The number of nitrogens with zero attached hydrogens (tertiary/aromatic N) is 4. The number of anilines is 1. The van der Waals surface area contributed by atoms with Crippen molar-refractivity contribution in [1.29, 1.82) is 0 Å². The van der Waals surface area contributed by atoms with E-state index in [1.807, 2.05) is 6.92 Å². The second-order valence-corrected chi connectivity index (χ2v) is 10.9. The van der Waals surface area contributed by atoms with Gasteiger partial charge in [-0.1, -0.05) is 11.2 Å². The zero-order chi connectivity index (χ0) is 29.8. The Morgan fingerprint density at radius 1 is 1.30 bits per heavy atom. The van der Waals surface area contributed by atoms with E-state index in [4.69, 9.17) is 20.5 Å². The topological polar surface area (TPSA) is 197 Å².